The molecule has 0 aliphatic carbocycles. The molecule has 1 aliphatic heterocycles. The molecule has 0 bridgehead atoms. The van der Waals surface area contributed by atoms with Gasteiger partial charge in [0.15, 0.2) is 5.70 Å². The Bertz CT molecular complexity index is 1230. The molecule has 1 aliphatic rings. The van der Waals surface area contributed by atoms with E-state index in [1.165, 1.54) is 6.92 Å². The number of carbonyl (C=O) groups is 2. The van der Waals surface area contributed by atoms with E-state index in [1.54, 1.807) is 30.3 Å². The van der Waals surface area contributed by atoms with Crippen molar-refractivity contribution in [1.82, 2.24) is 0 Å². The van der Waals surface area contributed by atoms with Crippen LogP contribution in [0.3, 0.4) is 0 Å². The molecule has 32 heavy (non-hydrogen) atoms. The molecule has 0 atom stereocenters. The molecule has 0 spiro atoms. The molecule has 4 rings (SSSR count). The molecule has 0 aromatic heterocycles. The van der Waals surface area contributed by atoms with Crippen LogP contribution in [-0.4, -0.2) is 17.8 Å². The lowest BCUT2D eigenvalue weighted by Crippen LogP contribution is -2.07. The van der Waals surface area contributed by atoms with E-state index in [-0.39, 0.29) is 17.5 Å². The van der Waals surface area contributed by atoms with Crippen LogP contribution in [0.25, 0.3) is 6.08 Å². The monoisotopic (exact) mass is 446 g/mol. The number of ether oxygens (including phenoxy) is 2. The molecule has 0 saturated heterocycles. The van der Waals surface area contributed by atoms with E-state index in [4.69, 9.17) is 21.1 Å². The van der Waals surface area contributed by atoms with Crippen molar-refractivity contribution in [2.45, 2.75) is 13.5 Å². The minimum atomic E-state index is -0.534. The standard InChI is InChI=1S/C25H19ClN2O4/c1-16(29)27-20-11-9-18(10-12-20)24-28-23(25(30)32-24)14-17-5-4-7-21(13-17)31-15-19-6-2-3-8-22(19)26/h2-14H,15H2,1H3,(H,27,29). The largest absolute Gasteiger partial charge is 0.489 e. The van der Waals surface area contributed by atoms with Crippen molar-refractivity contribution in [3.8, 4) is 5.75 Å². The van der Waals surface area contributed by atoms with Gasteiger partial charge in [0.2, 0.25) is 11.8 Å². The molecular formula is C25H19ClN2O4. The summed E-state index contributed by atoms with van der Waals surface area (Å²) in [7, 11) is 0. The summed E-state index contributed by atoms with van der Waals surface area (Å²) < 4.78 is 11.1. The van der Waals surface area contributed by atoms with Crippen molar-refractivity contribution in [2.75, 3.05) is 5.32 Å². The number of rotatable bonds is 6. The second kappa shape index (κ2) is 9.49. The average Bonchev–Trinajstić information content (AvgIpc) is 3.14. The molecular weight excluding hydrogens is 428 g/mol. The predicted octanol–water partition coefficient (Wildman–Crippen LogP) is 5.22. The number of halogens is 1. The smallest absolute Gasteiger partial charge is 0.363 e. The lowest BCUT2D eigenvalue weighted by Gasteiger charge is -2.08. The van der Waals surface area contributed by atoms with Gasteiger partial charge in [-0.25, -0.2) is 9.79 Å². The van der Waals surface area contributed by atoms with Crippen molar-refractivity contribution < 1.29 is 19.1 Å². The number of cyclic esters (lactones) is 1. The highest BCUT2D eigenvalue weighted by Gasteiger charge is 2.24. The summed E-state index contributed by atoms with van der Waals surface area (Å²) in [5.41, 5.74) is 3.10. The molecule has 1 N–H and O–H groups in total. The second-order valence-corrected chi connectivity index (χ2v) is 7.45. The van der Waals surface area contributed by atoms with Crippen LogP contribution in [0.2, 0.25) is 5.02 Å². The zero-order valence-corrected chi connectivity index (χ0v) is 17.9. The van der Waals surface area contributed by atoms with Gasteiger partial charge in [0.05, 0.1) is 0 Å². The number of carbonyl (C=O) groups excluding carboxylic acids is 2. The number of hydrogen-bond donors (Lipinski definition) is 1. The normalized spacial score (nSPS) is 14.1. The third-order valence-corrected chi connectivity index (χ3v) is 4.96. The van der Waals surface area contributed by atoms with Crippen molar-refractivity contribution in [3.05, 3.63) is 100 Å². The first-order valence-corrected chi connectivity index (χ1v) is 10.2. The van der Waals surface area contributed by atoms with Crippen LogP contribution in [0.15, 0.2) is 83.5 Å². The number of esters is 1. The number of benzene rings is 3. The van der Waals surface area contributed by atoms with Crippen molar-refractivity contribution in [3.63, 3.8) is 0 Å². The first kappa shape index (κ1) is 21.3. The highest BCUT2D eigenvalue weighted by atomic mass is 35.5. The third kappa shape index (κ3) is 5.22. The minimum absolute atomic E-state index is 0.161. The van der Waals surface area contributed by atoms with Crippen molar-refractivity contribution >= 4 is 41.1 Å². The Kier molecular flexibility index (Phi) is 6.33. The lowest BCUT2D eigenvalue weighted by atomic mass is 10.2. The summed E-state index contributed by atoms with van der Waals surface area (Å²) in [5.74, 6) is 0.157. The molecule has 160 valence electrons. The summed E-state index contributed by atoms with van der Waals surface area (Å²) in [6.45, 7) is 1.77. The summed E-state index contributed by atoms with van der Waals surface area (Å²) in [5, 5.41) is 3.33. The number of hydrogen-bond acceptors (Lipinski definition) is 5. The van der Waals surface area contributed by atoms with Crippen LogP contribution in [0, 0.1) is 0 Å². The van der Waals surface area contributed by atoms with Crippen molar-refractivity contribution in [1.29, 1.82) is 0 Å². The van der Waals surface area contributed by atoms with E-state index >= 15 is 0 Å². The molecule has 0 saturated carbocycles. The number of amides is 1. The molecule has 6 nitrogen and oxygen atoms in total. The van der Waals surface area contributed by atoms with E-state index < -0.39 is 5.97 Å². The maximum absolute atomic E-state index is 12.3. The molecule has 7 heteroatoms. The fourth-order valence-corrected chi connectivity index (χ4v) is 3.25. The van der Waals surface area contributed by atoms with Gasteiger partial charge >= 0.3 is 5.97 Å². The molecule has 0 fully saturated rings. The summed E-state index contributed by atoms with van der Waals surface area (Å²) in [4.78, 5) is 27.8. The maximum atomic E-state index is 12.3. The van der Waals surface area contributed by atoms with Gasteiger partial charge in [-0.1, -0.05) is 41.9 Å². The van der Waals surface area contributed by atoms with Gasteiger partial charge in [-0.15, -0.1) is 0 Å². The Morgan fingerprint density at radius 3 is 2.62 bits per heavy atom. The summed E-state index contributed by atoms with van der Waals surface area (Å²) >= 11 is 6.17. The van der Waals surface area contributed by atoms with Gasteiger partial charge in [-0.3, -0.25) is 4.79 Å². The third-order valence-electron chi connectivity index (χ3n) is 4.59. The SMILES string of the molecule is CC(=O)Nc1ccc(C2=NC(=Cc3cccc(OCc4ccccc4Cl)c3)C(=O)O2)cc1. The fourth-order valence-electron chi connectivity index (χ4n) is 3.06. The fraction of sp³-hybridized carbons (Fsp3) is 0.0800. The molecule has 3 aromatic carbocycles. The van der Waals surface area contributed by atoms with E-state index in [1.807, 2.05) is 48.5 Å². The van der Waals surface area contributed by atoms with E-state index in [0.29, 0.717) is 28.6 Å². The second-order valence-electron chi connectivity index (χ2n) is 7.05. The van der Waals surface area contributed by atoms with Crippen LogP contribution in [0.4, 0.5) is 5.69 Å². The minimum Gasteiger partial charge on any atom is -0.489 e. The van der Waals surface area contributed by atoms with Crippen LogP contribution in [0.1, 0.15) is 23.6 Å². The van der Waals surface area contributed by atoms with Gasteiger partial charge in [-0.05, 0) is 54.1 Å². The zero-order chi connectivity index (χ0) is 22.5. The van der Waals surface area contributed by atoms with E-state index in [9.17, 15) is 9.59 Å². The Morgan fingerprint density at radius 2 is 1.88 bits per heavy atom. The van der Waals surface area contributed by atoms with E-state index in [2.05, 4.69) is 10.3 Å². The van der Waals surface area contributed by atoms with Crippen LogP contribution in [0.5, 0.6) is 5.75 Å². The van der Waals surface area contributed by atoms with Crippen LogP contribution >= 0.6 is 11.6 Å². The highest BCUT2D eigenvalue weighted by molar-refractivity contribution is 6.31. The molecule has 1 amide bonds. The molecule has 1 heterocycles. The first-order valence-electron chi connectivity index (χ1n) is 9.85. The zero-order valence-electron chi connectivity index (χ0n) is 17.2. The maximum Gasteiger partial charge on any atom is 0.363 e. The number of anilines is 1. The lowest BCUT2D eigenvalue weighted by molar-refractivity contribution is -0.129. The average molecular weight is 447 g/mol. The Morgan fingerprint density at radius 1 is 1.09 bits per heavy atom. The topological polar surface area (TPSA) is 77.0 Å². The Balaban J connectivity index is 1.49. The molecule has 0 unspecified atom stereocenters. The van der Waals surface area contributed by atoms with Gasteiger partial charge in [0.25, 0.3) is 0 Å². The highest BCUT2D eigenvalue weighted by Crippen LogP contribution is 2.23. The first-order chi connectivity index (χ1) is 15.5. The molecule has 3 aromatic rings. The van der Waals surface area contributed by atoms with E-state index in [0.717, 1.165) is 11.1 Å². The van der Waals surface area contributed by atoms with Gasteiger partial charge in [0.1, 0.15) is 12.4 Å². The summed E-state index contributed by atoms with van der Waals surface area (Å²) in [6, 6.07) is 21.7. The summed E-state index contributed by atoms with van der Waals surface area (Å²) in [6.07, 6.45) is 1.64. The number of nitrogens with one attached hydrogen (secondary N) is 1. The van der Waals surface area contributed by atoms with Crippen molar-refractivity contribution in [2.24, 2.45) is 4.99 Å². The molecule has 0 radical (unpaired) electrons. The predicted molar refractivity (Wildman–Crippen MR) is 124 cm³/mol. The van der Waals surface area contributed by atoms with Gasteiger partial charge < -0.3 is 14.8 Å². The Labute approximate surface area is 190 Å². The number of aliphatic imine (C=N–C) groups is 1. The van der Waals surface area contributed by atoms with Gasteiger partial charge in [0, 0.05) is 28.8 Å². The quantitative estimate of drug-likeness (QED) is 0.416. The van der Waals surface area contributed by atoms with Gasteiger partial charge in [-0.2, -0.15) is 0 Å². The van der Waals surface area contributed by atoms with Crippen LogP contribution in [-0.2, 0) is 20.9 Å². The number of nitrogens with zero attached hydrogens (tertiary/aromatic N) is 1. The van der Waals surface area contributed by atoms with Crippen LogP contribution < -0.4 is 10.1 Å². The Hall–Kier alpha value is -3.90.